The van der Waals surface area contributed by atoms with Crippen molar-refractivity contribution in [2.45, 2.75) is 37.1 Å². The van der Waals surface area contributed by atoms with Crippen molar-refractivity contribution >= 4 is 5.91 Å². The number of benzene rings is 1. The third-order valence-corrected chi connectivity index (χ3v) is 4.41. The SMILES string of the molecule is O=C1CCCC[C@]2(CNC[C@H]2c2cc(F)cc(F)c2)N1. The Hall–Kier alpha value is -1.49. The maximum Gasteiger partial charge on any atom is 0.220 e. The molecule has 5 heteroatoms. The summed E-state index contributed by atoms with van der Waals surface area (Å²) >= 11 is 0. The minimum absolute atomic E-state index is 0.0353. The molecule has 2 aliphatic heterocycles. The van der Waals surface area contributed by atoms with E-state index in [1.54, 1.807) is 0 Å². The number of rotatable bonds is 1. The molecule has 2 N–H and O–H groups in total. The molecule has 3 rings (SSSR count). The van der Waals surface area contributed by atoms with Crippen molar-refractivity contribution in [2.75, 3.05) is 13.1 Å². The molecule has 1 spiro atoms. The van der Waals surface area contributed by atoms with Gasteiger partial charge in [-0.2, -0.15) is 0 Å². The van der Waals surface area contributed by atoms with E-state index in [0.29, 0.717) is 25.1 Å². The fourth-order valence-corrected chi connectivity index (χ4v) is 3.49. The Morgan fingerprint density at radius 1 is 1.15 bits per heavy atom. The first kappa shape index (κ1) is 13.5. The Morgan fingerprint density at radius 3 is 2.65 bits per heavy atom. The summed E-state index contributed by atoms with van der Waals surface area (Å²) in [6, 6.07) is 3.63. The van der Waals surface area contributed by atoms with Gasteiger partial charge in [0.05, 0.1) is 5.54 Å². The third kappa shape index (κ3) is 2.42. The molecule has 2 saturated heterocycles. The number of hydrogen-bond acceptors (Lipinski definition) is 2. The molecule has 20 heavy (non-hydrogen) atoms. The minimum Gasteiger partial charge on any atom is -0.349 e. The van der Waals surface area contributed by atoms with E-state index in [0.717, 1.165) is 25.3 Å². The van der Waals surface area contributed by atoms with Crippen LogP contribution in [0.3, 0.4) is 0 Å². The Labute approximate surface area is 116 Å². The van der Waals surface area contributed by atoms with Gasteiger partial charge in [0.25, 0.3) is 0 Å². The van der Waals surface area contributed by atoms with Gasteiger partial charge in [-0.15, -0.1) is 0 Å². The van der Waals surface area contributed by atoms with Crippen LogP contribution in [0.1, 0.15) is 37.2 Å². The van der Waals surface area contributed by atoms with Gasteiger partial charge in [0, 0.05) is 31.5 Å². The zero-order valence-corrected chi connectivity index (χ0v) is 11.2. The van der Waals surface area contributed by atoms with Gasteiger partial charge in [0.2, 0.25) is 5.91 Å². The van der Waals surface area contributed by atoms with Gasteiger partial charge < -0.3 is 10.6 Å². The van der Waals surface area contributed by atoms with Crippen LogP contribution in [0, 0.1) is 11.6 Å². The van der Waals surface area contributed by atoms with E-state index in [9.17, 15) is 13.6 Å². The van der Waals surface area contributed by atoms with Crippen molar-refractivity contribution in [3.05, 3.63) is 35.4 Å². The zero-order valence-electron chi connectivity index (χ0n) is 11.2. The lowest BCUT2D eigenvalue weighted by Crippen LogP contribution is -2.52. The molecule has 1 amide bonds. The minimum atomic E-state index is -0.568. The lowest BCUT2D eigenvalue weighted by molar-refractivity contribution is -0.122. The normalized spacial score (nSPS) is 30.3. The smallest absolute Gasteiger partial charge is 0.220 e. The van der Waals surface area contributed by atoms with Gasteiger partial charge in [-0.25, -0.2) is 8.78 Å². The molecule has 2 atom stereocenters. The van der Waals surface area contributed by atoms with Gasteiger partial charge in [-0.3, -0.25) is 4.79 Å². The van der Waals surface area contributed by atoms with Crippen LogP contribution < -0.4 is 10.6 Å². The predicted molar refractivity (Wildman–Crippen MR) is 71.3 cm³/mol. The summed E-state index contributed by atoms with van der Waals surface area (Å²) in [5, 5.41) is 6.35. The molecule has 108 valence electrons. The van der Waals surface area contributed by atoms with Gasteiger partial charge in [0.15, 0.2) is 0 Å². The third-order valence-electron chi connectivity index (χ3n) is 4.41. The number of halogens is 2. The van der Waals surface area contributed by atoms with E-state index in [2.05, 4.69) is 10.6 Å². The number of hydrogen-bond donors (Lipinski definition) is 2. The van der Waals surface area contributed by atoms with Crippen molar-refractivity contribution in [2.24, 2.45) is 0 Å². The Morgan fingerprint density at radius 2 is 1.90 bits per heavy atom. The second-order valence-electron chi connectivity index (χ2n) is 5.80. The van der Waals surface area contributed by atoms with Crippen LogP contribution in [0.4, 0.5) is 8.78 Å². The molecule has 0 bridgehead atoms. The van der Waals surface area contributed by atoms with Gasteiger partial charge in [0.1, 0.15) is 11.6 Å². The van der Waals surface area contributed by atoms with Crippen molar-refractivity contribution in [3.8, 4) is 0 Å². The molecule has 2 aliphatic rings. The molecule has 0 unspecified atom stereocenters. The summed E-state index contributed by atoms with van der Waals surface area (Å²) < 4.78 is 26.9. The number of amides is 1. The van der Waals surface area contributed by atoms with Crippen LogP contribution in [0.15, 0.2) is 18.2 Å². The number of nitrogens with one attached hydrogen (secondary N) is 2. The maximum absolute atomic E-state index is 13.4. The first-order chi connectivity index (χ1) is 9.59. The fraction of sp³-hybridized carbons (Fsp3) is 0.533. The molecule has 0 aliphatic carbocycles. The summed E-state index contributed by atoms with van der Waals surface area (Å²) in [6.07, 6.45) is 3.20. The monoisotopic (exact) mass is 280 g/mol. The highest BCUT2D eigenvalue weighted by Gasteiger charge is 2.45. The summed E-state index contributed by atoms with van der Waals surface area (Å²) in [7, 11) is 0. The van der Waals surface area contributed by atoms with Crippen LogP contribution >= 0.6 is 0 Å². The Kier molecular flexibility index (Phi) is 3.46. The quantitative estimate of drug-likeness (QED) is 0.827. The summed E-state index contributed by atoms with van der Waals surface area (Å²) in [6.45, 7) is 1.28. The summed E-state index contributed by atoms with van der Waals surface area (Å²) in [4.78, 5) is 11.9. The first-order valence-electron chi connectivity index (χ1n) is 7.07. The molecule has 1 aromatic rings. The van der Waals surface area contributed by atoms with Crippen molar-refractivity contribution < 1.29 is 13.6 Å². The molecule has 1 aromatic carbocycles. The lowest BCUT2D eigenvalue weighted by Gasteiger charge is -2.35. The fourth-order valence-electron chi connectivity index (χ4n) is 3.49. The molecule has 0 aromatic heterocycles. The molecule has 3 nitrogen and oxygen atoms in total. The average Bonchev–Trinajstić information content (AvgIpc) is 2.67. The van der Waals surface area contributed by atoms with E-state index in [1.165, 1.54) is 12.1 Å². The van der Waals surface area contributed by atoms with Gasteiger partial charge in [-0.05, 0) is 30.5 Å². The number of carbonyl (C=O) groups excluding carboxylic acids is 1. The number of carbonyl (C=O) groups is 1. The molecular formula is C15H18F2N2O. The van der Waals surface area contributed by atoms with E-state index in [-0.39, 0.29) is 11.8 Å². The van der Waals surface area contributed by atoms with Crippen LogP contribution in [-0.4, -0.2) is 24.5 Å². The van der Waals surface area contributed by atoms with E-state index in [4.69, 9.17) is 0 Å². The average molecular weight is 280 g/mol. The summed E-state index contributed by atoms with van der Waals surface area (Å²) in [5.41, 5.74) is 0.211. The van der Waals surface area contributed by atoms with Crippen LogP contribution in [-0.2, 0) is 4.79 Å². The van der Waals surface area contributed by atoms with Gasteiger partial charge in [-0.1, -0.05) is 6.42 Å². The van der Waals surface area contributed by atoms with Gasteiger partial charge >= 0.3 is 0 Å². The standard InChI is InChI=1S/C15H18F2N2O/c16-11-5-10(6-12(17)7-11)13-8-18-9-15(13)4-2-1-3-14(20)19-15/h5-7,13,18H,1-4,8-9H2,(H,19,20)/t13-,15+/m0/s1. The summed E-state index contributed by atoms with van der Waals surface area (Å²) in [5.74, 6) is -1.19. The Balaban J connectivity index is 1.96. The lowest BCUT2D eigenvalue weighted by atomic mass is 9.79. The molecule has 2 heterocycles. The highest BCUT2D eigenvalue weighted by Crippen LogP contribution is 2.37. The van der Waals surface area contributed by atoms with Crippen molar-refractivity contribution in [1.29, 1.82) is 0 Å². The topological polar surface area (TPSA) is 41.1 Å². The highest BCUT2D eigenvalue weighted by molar-refractivity contribution is 5.77. The van der Waals surface area contributed by atoms with Crippen molar-refractivity contribution in [3.63, 3.8) is 0 Å². The van der Waals surface area contributed by atoms with E-state index < -0.39 is 17.2 Å². The van der Waals surface area contributed by atoms with Crippen LogP contribution in [0.5, 0.6) is 0 Å². The second kappa shape index (κ2) is 5.13. The Bertz CT molecular complexity index is 514. The van der Waals surface area contributed by atoms with E-state index >= 15 is 0 Å². The maximum atomic E-state index is 13.4. The molecule has 0 radical (unpaired) electrons. The van der Waals surface area contributed by atoms with E-state index in [1.807, 2.05) is 0 Å². The van der Waals surface area contributed by atoms with Crippen LogP contribution in [0.2, 0.25) is 0 Å². The first-order valence-corrected chi connectivity index (χ1v) is 7.07. The predicted octanol–water partition coefficient (Wildman–Crippen LogP) is 2.08. The second-order valence-corrected chi connectivity index (χ2v) is 5.80. The zero-order chi connectivity index (χ0) is 14.2. The van der Waals surface area contributed by atoms with Crippen molar-refractivity contribution in [1.82, 2.24) is 10.6 Å². The van der Waals surface area contributed by atoms with Crippen LogP contribution in [0.25, 0.3) is 0 Å². The molecular weight excluding hydrogens is 262 g/mol. The highest BCUT2D eigenvalue weighted by atomic mass is 19.1. The largest absolute Gasteiger partial charge is 0.349 e. The molecule has 0 saturated carbocycles. The molecule has 2 fully saturated rings.